The average molecular weight is 657 g/mol. The Kier molecular flexibility index (Phi) is 10.0. The van der Waals surface area contributed by atoms with Gasteiger partial charge in [-0.25, -0.2) is 14.1 Å². The van der Waals surface area contributed by atoms with Crippen LogP contribution in [0.2, 0.25) is 10.0 Å². The van der Waals surface area contributed by atoms with E-state index < -0.39 is 17.3 Å². The van der Waals surface area contributed by atoms with Crippen molar-refractivity contribution in [2.75, 3.05) is 19.5 Å². The van der Waals surface area contributed by atoms with E-state index in [4.69, 9.17) is 32.7 Å². The van der Waals surface area contributed by atoms with Crippen molar-refractivity contribution in [2.45, 2.75) is 44.4 Å². The van der Waals surface area contributed by atoms with E-state index in [9.17, 15) is 19.1 Å². The molecule has 1 aliphatic carbocycles. The monoisotopic (exact) mass is 655 g/mol. The van der Waals surface area contributed by atoms with E-state index >= 15 is 0 Å². The molecule has 0 saturated heterocycles. The molecule has 1 unspecified atom stereocenters. The first kappa shape index (κ1) is 32.4. The van der Waals surface area contributed by atoms with Crippen molar-refractivity contribution in [3.8, 4) is 34.1 Å². The number of hydrogen-bond acceptors (Lipinski definition) is 8. The van der Waals surface area contributed by atoms with Crippen molar-refractivity contribution in [1.29, 1.82) is 0 Å². The van der Waals surface area contributed by atoms with Gasteiger partial charge < -0.3 is 25.2 Å². The number of carbonyl (C=O) groups is 1. The number of nitrogens with zero attached hydrogens (tertiary/aromatic N) is 3. The molecule has 5 rings (SSSR count). The number of aliphatic hydroxyl groups excluding tert-OH is 1. The van der Waals surface area contributed by atoms with E-state index in [1.54, 1.807) is 18.2 Å². The fourth-order valence-electron chi connectivity index (χ4n) is 5.37. The molecule has 0 aliphatic heterocycles. The summed E-state index contributed by atoms with van der Waals surface area (Å²) in [6.07, 6.45) is 3.40. The number of anilines is 1. The molecule has 45 heavy (non-hydrogen) atoms. The molecule has 0 radical (unpaired) electrons. The number of methoxy groups -OCH3 is 2. The van der Waals surface area contributed by atoms with E-state index in [1.165, 1.54) is 33.4 Å². The molecule has 1 fully saturated rings. The number of aliphatic hydroxyl groups is 1. The standard InChI is InChI=1S/C32H32Cl2FN5O5/c1-40-32(43)22(15-27(39-40)44-2)30(42)37-25-14-18(35)13-21(29(25)34)19-7-6-8-20(28(19)33)23-12-11-17(31(38-23)45-3)16-36-24-9-4-5-10-26(24)41/h6-8,11-15,24,26,36,41H,4-5,9-10,16H2,1-3H3,(H,37,42)/t24?,26-/m0/s1. The maximum Gasteiger partial charge on any atom is 0.279 e. The molecule has 1 saturated carbocycles. The highest BCUT2D eigenvalue weighted by Gasteiger charge is 2.24. The Balaban J connectivity index is 1.44. The van der Waals surface area contributed by atoms with Crippen molar-refractivity contribution in [2.24, 2.45) is 7.05 Å². The van der Waals surface area contributed by atoms with E-state index in [-0.39, 0.29) is 44.9 Å². The van der Waals surface area contributed by atoms with E-state index in [2.05, 4.69) is 20.7 Å². The molecule has 1 aliphatic rings. The maximum atomic E-state index is 14.9. The minimum absolute atomic E-state index is 0.0119. The largest absolute Gasteiger partial charge is 0.481 e. The number of ether oxygens (including phenoxy) is 2. The molecule has 0 bridgehead atoms. The lowest BCUT2D eigenvalue weighted by Crippen LogP contribution is -2.41. The number of nitrogens with one attached hydrogen (secondary N) is 2. The van der Waals surface area contributed by atoms with Crippen molar-refractivity contribution in [1.82, 2.24) is 20.1 Å². The number of benzene rings is 2. The second kappa shape index (κ2) is 13.9. The Morgan fingerprint density at radius 2 is 1.80 bits per heavy atom. The Morgan fingerprint density at radius 3 is 2.53 bits per heavy atom. The topological polar surface area (TPSA) is 128 Å². The minimum Gasteiger partial charge on any atom is -0.481 e. The first-order chi connectivity index (χ1) is 21.6. The van der Waals surface area contributed by atoms with Crippen LogP contribution < -0.4 is 25.7 Å². The van der Waals surface area contributed by atoms with Gasteiger partial charge in [-0.15, -0.1) is 5.10 Å². The van der Waals surface area contributed by atoms with Gasteiger partial charge in [0, 0.05) is 48.0 Å². The van der Waals surface area contributed by atoms with Crippen LogP contribution in [0.1, 0.15) is 41.6 Å². The highest BCUT2D eigenvalue weighted by Crippen LogP contribution is 2.42. The summed E-state index contributed by atoms with van der Waals surface area (Å²) in [5.74, 6) is -1.06. The summed E-state index contributed by atoms with van der Waals surface area (Å²) in [4.78, 5) is 30.3. The summed E-state index contributed by atoms with van der Waals surface area (Å²) in [7, 11) is 4.26. The lowest BCUT2D eigenvalue weighted by atomic mass is 9.92. The number of carbonyl (C=O) groups excluding carboxylic acids is 1. The molecule has 4 aromatic rings. The second-order valence-corrected chi connectivity index (χ2v) is 11.4. The van der Waals surface area contributed by atoms with Gasteiger partial charge in [-0.3, -0.25) is 9.59 Å². The molecule has 2 heterocycles. The quantitative estimate of drug-likeness (QED) is 0.212. The molecular formula is C32H32Cl2FN5O5. The summed E-state index contributed by atoms with van der Waals surface area (Å²) in [6, 6.07) is 12.3. The van der Waals surface area contributed by atoms with Crippen LogP contribution in [0.3, 0.4) is 0 Å². The zero-order valence-electron chi connectivity index (χ0n) is 24.9. The smallest absolute Gasteiger partial charge is 0.279 e. The van der Waals surface area contributed by atoms with Crippen LogP contribution in [0, 0.1) is 5.82 Å². The van der Waals surface area contributed by atoms with Crippen molar-refractivity contribution in [3.05, 3.63) is 85.9 Å². The van der Waals surface area contributed by atoms with Gasteiger partial charge in [0.1, 0.15) is 11.4 Å². The van der Waals surface area contributed by atoms with Crippen LogP contribution in [0.25, 0.3) is 22.4 Å². The Bertz CT molecular complexity index is 1800. The van der Waals surface area contributed by atoms with Gasteiger partial charge in [0.2, 0.25) is 11.8 Å². The normalized spacial score (nSPS) is 16.3. The number of rotatable bonds is 9. The lowest BCUT2D eigenvalue weighted by Gasteiger charge is -2.28. The van der Waals surface area contributed by atoms with Gasteiger partial charge in [0.05, 0.1) is 41.8 Å². The predicted molar refractivity (Wildman–Crippen MR) is 171 cm³/mol. The predicted octanol–water partition coefficient (Wildman–Crippen LogP) is 5.62. The SMILES string of the molecule is COc1cc(C(=O)Nc2cc(F)cc(-c3cccc(-c4ccc(CNC5CCCC[C@@H]5O)c(OC)n4)c3Cl)c2Cl)c(=O)n(C)n1. The van der Waals surface area contributed by atoms with Crippen LogP contribution in [0.15, 0.2) is 53.3 Å². The number of amides is 1. The van der Waals surface area contributed by atoms with Gasteiger partial charge in [-0.2, -0.15) is 0 Å². The van der Waals surface area contributed by atoms with Crippen LogP contribution >= 0.6 is 23.2 Å². The summed E-state index contributed by atoms with van der Waals surface area (Å²) in [5.41, 5.74) is 1.51. The summed E-state index contributed by atoms with van der Waals surface area (Å²) < 4.78 is 26.5. The van der Waals surface area contributed by atoms with E-state index in [0.29, 0.717) is 29.2 Å². The molecular weight excluding hydrogens is 624 g/mol. The maximum absolute atomic E-state index is 14.9. The molecule has 236 valence electrons. The van der Waals surface area contributed by atoms with Crippen LogP contribution in [0.4, 0.5) is 10.1 Å². The third-order valence-electron chi connectivity index (χ3n) is 7.76. The molecule has 2 atom stereocenters. The van der Waals surface area contributed by atoms with Gasteiger partial charge >= 0.3 is 0 Å². The fraction of sp³-hybridized carbons (Fsp3) is 0.312. The van der Waals surface area contributed by atoms with Crippen LogP contribution in [-0.4, -0.2) is 52.1 Å². The number of halogens is 3. The van der Waals surface area contributed by atoms with E-state index in [1.807, 2.05) is 12.1 Å². The summed E-state index contributed by atoms with van der Waals surface area (Å²) in [6.45, 7) is 0.470. The Labute approximate surface area is 269 Å². The Hall–Kier alpha value is -4.03. The fourth-order valence-corrected chi connectivity index (χ4v) is 5.95. The first-order valence-corrected chi connectivity index (χ1v) is 15.0. The highest BCUT2D eigenvalue weighted by molar-refractivity contribution is 6.39. The van der Waals surface area contributed by atoms with Crippen LogP contribution in [0.5, 0.6) is 11.8 Å². The summed E-state index contributed by atoms with van der Waals surface area (Å²) >= 11 is 13.6. The van der Waals surface area contributed by atoms with Crippen molar-refractivity contribution in [3.63, 3.8) is 0 Å². The van der Waals surface area contributed by atoms with Crippen molar-refractivity contribution < 1.29 is 23.8 Å². The van der Waals surface area contributed by atoms with E-state index in [0.717, 1.165) is 42.0 Å². The van der Waals surface area contributed by atoms with Gasteiger partial charge in [-0.1, -0.05) is 60.3 Å². The molecule has 10 nitrogen and oxygen atoms in total. The molecule has 2 aromatic carbocycles. The summed E-state index contributed by atoms with van der Waals surface area (Å²) in [5, 5.41) is 20.4. The van der Waals surface area contributed by atoms with Gasteiger partial charge in [0.15, 0.2) is 0 Å². The molecule has 13 heteroatoms. The van der Waals surface area contributed by atoms with Gasteiger partial charge in [-0.05, 0) is 31.0 Å². The number of pyridine rings is 1. The number of aromatic nitrogens is 3. The third kappa shape index (κ3) is 6.96. The highest BCUT2D eigenvalue weighted by atomic mass is 35.5. The first-order valence-electron chi connectivity index (χ1n) is 14.3. The molecule has 0 spiro atoms. The van der Waals surface area contributed by atoms with Gasteiger partial charge in [0.25, 0.3) is 11.5 Å². The average Bonchev–Trinajstić information content (AvgIpc) is 3.03. The zero-order valence-corrected chi connectivity index (χ0v) is 26.4. The second-order valence-electron chi connectivity index (χ2n) is 10.7. The Morgan fingerprint density at radius 1 is 1.04 bits per heavy atom. The number of aryl methyl sites for hydroxylation is 1. The molecule has 2 aromatic heterocycles. The lowest BCUT2D eigenvalue weighted by molar-refractivity contribution is 0.0901. The number of hydrogen-bond donors (Lipinski definition) is 3. The third-order valence-corrected chi connectivity index (χ3v) is 8.58. The minimum atomic E-state index is -0.821. The van der Waals surface area contributed by atoms with Crippen molar-refractivity contribution >= 4 is 34.8 Å². The molecule has 1 amide bonds. The zero-order chi connectivity index (χ0) is 32.2. The van der Waals surface area contributed by atoms with Crippen LogP contribution in [-0.2, 0) is 13.6 Å². The molecule has 3 N–H and O–H groups in total.